The Labute approximate surface area is 163 Å². The standard InChI is InChI=1S/C21H23FN2O4/c1-12(2)28-18-9-8-13(10-19(18)27-3)20(25)23-24-21(26)16-11-15(16)14-6-4-5-7-17(14)22/h4-10,12,15-16H,11H2,1-3H3,(H,23,25)(H,24,26). The fraction of sp³-hybridized carbons (Fsp3) is 0.333. The second-order valence-electron chi connectivity index (χ2n) is 6.95. The van der Waals surface area contributed by atoms with Crippen molar-refractivity contribution in [2.24, 2.45) is 5.92 Å². The molecule has 0 heterocycles. The molecule has 1 aliphatic rings. The summed E-state index contributed by atoms with van der Waals surface area (Å²) in [5, 5.41) is 0. The van der Waals surface area contributed by atoms with E-state index >= 15 is 0 Å². The summed E-state index contributed by atoms with van der Waals surface area (Å²) >= 11 is 0. The Balaban J connectivity index is 1.57. The smallest absolute Gasteiger partial charge is 0.269 e. The number of nitrogens with one attached hydrogen (secondary N) is 2. The van der Waals surface area contributed by atoms with Crippen LogP contribution in [0.1, 0.15) is 42.1 Å². The van der Waals surface area contributed by atoms with E-state index in [2.05, 4.69) is 10.9 Å². The first kappa shape index (κ1) is 19.7. The molecule has 0 aliphatic heterocycles. The lowest BCUT2D eigenvalue weighted by Gasteiger charge is -2.14. The maximum Gasteiger partial charge on any atom is 0.269 e. The monoisotopic (exact) mass is 386 g/mol. The molecule has 2 amide bonds. The Kier molecular flexibility index (Phi) is 5.82. The molecular weight excluding hydrogens is 363 g/mol. The van der Waals surface area contributed by atoms with E-state index in [0.717, 1.165) is 0 Å². The summed E-state index contributed by atoms with van der Waals surface area (Å²) in [6, 6.07) is 11.2. The van der Waals surface area contributed by atoms with Crippen LogP contribution in [-0.4, -0.2) is 25.0 Å². The molecule has 1 saturated carbocycles. The van der Waals surface area contributed by atoms with Crippen LogP contribution < -0.4 is 20.3 Å². The van der Waals surface area contributed by atoms with Crippen molar-refractivity contribution >= 4 is 11.8 Å². The van der Waals surface area contributed by atoms with Gasteiger partial charge in [0.15, 0.2) is 11.5 Å². The van der Waals surface area contributed by atoms with Gasteiger partial charge in [0.25, 0.3) is 5.91 Å². The molecule has 2 unspecified atom stereocenters. The Hall–Kier alpha value is -3.09. The van der Waals surface area contributed by atoms with Crippen LogP contribution in [-0.2, 0) is 4.79 Å². The van der Waals surface area contributed by atoms with Gasteiger partial charge in [-0.3, -0.25) is 20.4 Å². The van der Waals surface area contributed by atoms with Crippen LogP contribution in [0.3, 0.4) is 0 Å². The molecule has 0 radical (unpaired) electrons. The van der Waals surface area contributed by atoms with Crippen LogP contribution in [0.15, 0.2) is 42.5 Å². The summed E-state index contributed by atoms with van der Waals surface area (Å²) in [4.78, 5) is 24.6. The van der Waals surface area contributed by atoms with Crippen molar-refractivity contribution in [2.45, 2.75) is 32.3 Å². The molecule has 6 nitrogen and oxygen atoms in total. The highest BCUT2D eigenvalue weighted by Gasteiger charge is 2.45. The first-order valence-electron chi connectivity index (χ1n) is 9.10. The topological polar surface area (TPSA) is 76.7 Å². The van der Waals surface area contributed by atoms with E-state index in [0.29, 0.717) is 29.0 Å². The van der Waals surface area contributed by atoms with Crippen molar-refractivity contribution in [3.8, 4) is 11.5 Å². The van der Waals surface area contributed by atoms with Crippen molar-refractivity contribution in [3.63, 3.8) is 0 Å². The number of hydrogen-bond acceptors (Lipinski definition) is 4. The number of ether oxygens (including phenoxy) is 2. The average molecular weight is 386 g/mol. The van der Waals surface area contributed by atoms with Gasteiger partial charge in [-0.15, -0.1) is 0 Å². The van der Waals surface area contributed by atoms with Gasteiger partial charge in [0.1, 0.15) is 5.82 Å². The minimum atomic E-state index is -0.481. The number of hydrogen-bond donors (Lipinski definition) is 2. The third-order valence-corrected chi connectivity index (χ3v) is 4.52. The second kappa shape index (κ2) is 8.29. The van der Waals surface area contributed by atoms with Crippen LogP contribution in [0.25, 0.3) is 0 Å². The van der Waals surface area contributed by atoms with Crippen molar-refractivity contribution in [2.75, 3.05) is 7.11 Å². The molecule has 3 rings (SSSR count). The molecule has 0 spiro atoms. The number of amides is 2. The third kappa shape index (κ3) is 4.42. The molecule has 1 aliphatic carbocycles. The molecule has 2 atom stereocenters. The Morgan fingerprint density at radius 1 is 1.11 bits per heavy atom. The van der Waals surface area contributed by atoms with Crippen LogP contribution in [0.2, 0.25) is 0 Å². The fourth-order valence-corrected chi connectivity index (χ4v) is 3.05. The van der Waals surface area contributed by atoms with Gasteiger partial charge in [0.2, 0.25) is 5.91 Å². The van der Waals surface area contributed by atoms with E-state index in [1.165, 1.54) is 13.2 Å². The fourth-order valence-electron chi connectivity index (χ4n) is 3.05. The third-order valence-electron chi connectivity index (χ3n) is 4.52. The number of carbonyl (C=O) groups excluding carboxylic acids is 2. The summed E-state index contributed by atoms with van der Waals surface area (Å²) in [5.41, 5.74) is 5.64. The minimum absolute atomic E-state index is 0.0335. The number of halogens is 1. The van der Waals surface area contributed by atoms with Crippen molar-refractivity contribution < 1.29 is 23.5 Å². The van der Waals surface area contributed by atoms with E-state index in [4.69, 9.17) is 9.47 Å². The second-order valence-corrected chi connectivity index (χ2v) is 6.95. The van der Waals surface area contributed by atoms with E-state index in [1.807, 2.05) is 13.8 Å². The molecule has 148 valence electrons. The molecule has 28 heavy (non-hydrogen) atoms. The zero-order valence-corrected chi connectivity index (χ0v) is 16.0. The molecule has 2 aromatic rings. The lowest BCUT2D eigenvalue weighted by molar-refractivity contribution is -0.123. The average Bonchev–Trinajstić information content (AvgIpc) is 3.46. The summed E-state index contributed by atoms with van der Waals surface area (Å²) in [6.07, 6.45) is 0.520. The van der Waals surface area contributed by atoms with Gasteiger partial charge in [-0.25, -0.2) is 4.39 Å². The Morgan fingerprint density at radius 2 is 1.86 bits per heavy atom. The van der Waals surface area contributed by atoms with E-state index < -0.39 is 5.91 Å². The van der Waals surface area contributed by atoms with Crippen LogP contribution >= 0.6 is 0 Å². The number of hydrazine groups is 1. The molecule has 1 fully saturated rings. The van der Waals surface area contributed by atoms with Crippen molar-refractivity contribution in [3.05, 3.63) is 59.4 Å². The van der Waals surface area contributed by atoms with Gasteiger partial charge in [-0.2, -0.15) is 0 Å². The zero-order chi connectivity index (χ0) is 20.3. The summed E-state index contributed by atoms with van der Waals surface area (Å²) in [5.74, 6) is -0.695. The maximum absolute atomic E-state index is 13.8. The minimum Gasteiger partial charge on any atom is -0.493 e. The van der Waals surface area contributed by atoms with Gasteiger partial charge in [0, 0.05) is 11.5 Å². The van der Waals surface area contributed by atoms with Gasteiger partial charge >= 0.3 is 0 Å². The first-order chi connectivity index (χ1) is 13.4. The largest absolute Gasteiger partial charge is 0.493 e. The normalized spacial score (nSPS) is 17.8. The highest BCUT2D eigenvalue weighted by atomic mass is 19.1. The molecule has 7 heteroatoms. The highest BCUT2D eigenvalue weighted by Crippen LogP contribution is 2.48. The number of rotatable bonds is 6. The Morgan fingerprint density at radius 3 is 2.54 bits per heavy atom. The number of methoxy groups -OCH3 is 1. The van der Waals surface area contributed by atoms with Crippen molar-refractivity contribution in [1.82, 2.24) is 10.9 Å². The lowest BCUT2D eigenvalue weighted by Crippen LogP contribution is -2.42. The van der Waals surface area contributed by atoms with E-state index in [9.17, 15) is 14.0 Å². The predicted molar refractivity (Wildman–Crippen MR) is 102 cm³/mol. The summed E-state index contributed by atoms with van der Waals surface area (Å²) in [6.45, 7) is 3.78. The first-order valence-corrected chi connectivity index (χ1v) is 9.10. The predicted octanol–water partition coefficient (Wildman–Crippen LogP) is 3.19. The van der Waals surface area contributed by atoms with Gasteiger partial charge in [-0.05, 0) is 56.0 Å². The quantitative estimate of drug-likeness (QED) is 0.748. The maximum atomic E-state index is 13.8. The van der Waals surface area contributed by atoms with Gasteiger partial charge < -0.3 is 9.47 Å². The molecule has 2 aromatic carbocycles. The molecule has 2 N–H and O–H groups in total. The molecule has 0 aromatic heterocycles. The SMILES string of the molecule is COc1cc(C(=O)NNC(=O)C2CC2c2ccccc2F)ccc1OC(C)C. The molecular formula is C21H23FN2O4. The lowest BCUT2D eigenvalue weighted by atomic mass is 10.1. The van der Waals surface area contributed by atoms with Crippen LogP contribution in [0, 0.1) is 11.7 Å². The zero-order valence-electron chi connectivity index (χ0n) is 16.0. The highest BCUT2D eigenvalue weighted by molar-refractivity contribution is 5.96. The number of carbonyl (C=O) groups is 2. The van der Waals surface area contributed by atoms with Crippen molar-refractivity contribution in [1.29, 1.82) is 0 Å². The summed E-state index contributed by atoms with van der Waals surface area (Å²) in [7, 11) is 1.49. The van der Waals surface area contributed by atoms with E-state index in [1.54, 1.807) is 36.4 Å². The Bertz CT molecular complexity index is 884. The molecule has 0 bridgehead atoms. The number of benzene rings is 2. The molecule has 0 saturated heterocycles. The summed E-state index contributed by atoms with van der Waals surface area (Å²) < 4.78 is 24.7. The van der Waals surface area contributed by atoms with Gasteiger partial charge in [0.05, 0.1) is 13.2 Å². The van der Waals surface area contributed by atoms with E-state index in [-0.39, 0.29) is 29.7 Å². The van der Waals surface area contributed by atoms with Crippen LogP contribution in [0.5, 0.6) is 11.5 Å². The van der Waals surface area contributed by atoms with Gasteiger partial charge in [-0.1, -0.05) is 18.2 Å². The van der Waals surface area contributed by atoms with Crippen LogP contribution in [0.4, 0.5) is 4.39 Å².